The van der Waals surface area contributed by atoms with Crippen molar-refractivity contribution in [1.29, 1.82) is 0 Å². The number of fused-ring (bicyclic) bond motifs is 1. The molecule has 0 saturated heterocycles. The summed E-state index contributed by atoms with van der Waals surface area (Å²) in [6.07, 6.45) is 2.56. The molecule has 2 amide bonds. The van der Waals surface area contributed by atoms with Gasteiger partial charge in [-0.3, -0.25) is 0 Å². The Kier molecular flexibility index (Phi) is 8.23. The van der Waals surface area contributed by atoms with Gasteiger partial charge in [0, 0.05) is 36.2 Å². The number of urea groups is 1. The molecule has 1 fully saturated rings. The Labute approximate surface area is 222 Å². The molecular formula is C24H30BrF3N6OS. The lowest BCUT2D eigenvalue weighted by Gasteiger charge is -2.31. The van der Waals surface area contributed by atoms with Crippen molar-refractivity contribution in [2.45, 2.75) is 69.6 Å². The highest BCUT2D eigenvalue weighted by Crippen LogP contribution is 2.39. The van der Waals surface area contributed by atoms with E-state index in [0.717, 1.165) is 60.4 Å². The van der Waals surface area contributed by atoms with Gasteiger partial charge in [0.05, 0.1) is 16.9 Å². The second kappa shape index (κ2) is 11.0. The molecule has 0 radical (unpaired) electrons. The molecule has 0 unspecified atom stereocenters. The van der Waals surface area contributed by atoms with E-state index in [1.807, 2.05) is 19.0 Å². The minimum absolute atomic E-state index is 0.156. The van der Waals surface area contributed by atoms with Crippen LogP contribution in [0.1, 0.15) is 55.3 Å². The van der Waals surface area contributed by atoms with Crippen LogP contribution >= 0.6 is 28.7 Å². The molecule has 196 valence electrons. The fraction of sp³-hybridized carbons (Fsp3) is 0.542. The lowest BCUT2D eigenvalue weighted by atomic mass is 9.91. The van der Waals surface area contributed by atoms with E-state index in [1.165, 1.54) is 17.7 Å². The SMILES string of the molecule is CN(C)c1nc(NC2CCC(NC(=O)N(S)c3ccc(Br)cc3C(F)(F)F)CC2)nc2c1CCCC2. The monoisotopic (exact) mass is 586 g/mol. The molecule has 2 N–H and O–H groups in total. The average molecular weight is 588 g/mol. The summed E-state index contributed by atoms with van der Waals surface area (Å²) < 4.78 is 41.4. The number of amides is 2. The number of thiol groups is 1. The summed E-state index contributed by atoms with van der Waals surface area (Å²) in [7, 11) is 3.98. The maximum atomic E-state index is 13.5. The fourth-order valence-corrected chi connectivity index (χ4v) is 5.43. The first-order valence-electron chi connectivity index (χ1n) is 12.0. The predicted molar refractivity (Wildman–Crippen MR) is 142 cm³/mol. The van der Waals surface area contributed by atoms with Crippen molar-refractivity contribution in [2.75, 3.05) is 28.6 Å². The van der Waals surface area contributed by atoms with E-state index in [1.54, 1.807) is 0 Å². The van der Waals surface area contributed by atoms with Crippen LogP contribution in [0.2, 0.25) is 0 Å². The quantitative estimate of drug-likeness (QED) is 0.375. The number of nitrogens with one attached hydrogen (secondary N) is 2. The van der Waals surface area contributed by atoms with Gasteiger partial charge in [-0.1, -0.05) is 28.7 Å². The molecule has 1 heterocycles. The number of aryl methyl sites for hydroxylation is 1. The molecule has 36 heavy (non-hydrogen) atoms. The molecule has 2 aliphatic rings. The van der Waals surface area contributed by atoms with E-state index >= 15 is 0 Å². The lowest BCUT2D eigenvalue weighted by Crippen LogP contribution is -2.44. The Morgan fingerprint density at radius 2 is 1.75 bits per heavy atom. The predicted octanol–water partition coefficient (Wildman–Crippen LogP) is 5.99. The molecule has 1 aromatic carbocycles. The van der Waals surface area contributed by atoms with Crippen LogP contribution in [-0.2, 0) is 19.0 Å². The second-order valence-electron chi connectivity index (χ2n) is 9.51. The van der Waals surface area contributed by atoms with Crippen molar-refractivity contribution in [3.63, 3.8) is 0 Å². The zero-order valence-corrected chi connectivity index (χ0v) is 22.7. The molecule has 0 bridgehead atoms. The van der Waals surface area contributed by atoms with E-state index in [4.69, 9.17) is 9.97 Å². The minimum atomic E-state index is -4.62. The van der Waals surface area contributed by atoms with Crippen LogP contribution in [0.15, 0.2) is 22.7 Å². The van der Waals surface area contributed by atoms with Crippen LogP contribution in [0.4, 0.5) is 35.4 Å². The van der Waals surface area contributed by atoms with Gasteiger partial charge in [0.1, 0.15) is 5.82 Å². The number of alkyl halides is 3. The van der Waals surface area contributed by atoms with Gasteiger partial charge in [0.15, 0.2) is 0 Å². The van der Waals surface area contributed by atoms with Gasteiger partial charge >= 0.3 is 12.2 Å². The van der Waals surface area contributed by atoms with Crippen molar-refractivity contribution in [3.05, 3.63) is 39.5 Å². The van der Waals surface area contributed by atoms with Crippen molar-refractivity contribution >= 4 is 52.2 Å². The van der Waals surface area contributed by atoms with Crippen LogP contribution in [0.3, 0.4) is 0 Å². The summed E-state index contributed by atoms with van der Waals surface area (Å²) in [5.41, 5.74) is 1.10. The maximum Gasteiger partial charge on any atom is 0.418 e. The highest BCUT2D eigenvalue weighted by Gasteiger charge is 2.36. The van der Waals surface area contributed by atoms with Crippen LogP contribution in [0.25, 0.3) is 0 Å². The zero-order chi connectivity index (χ0) is 26.0. The van der Waals surface area contributed by atoms with Gasteiger partial charge in [-0.15, -0.1) is 0 Å². The van der Waals surface area contributed by atoms with Gasteiger partial charge < -0.3 is 15.5 Å². The van der Waals surface area contributed by atoms with Gasteiger partial charge in [-0.2, -0.15) is 18.2 Å². The number of aromatic nitrogens is 2. The molecule has 2 aliphatic carbocycles. The summed E-state index contributed by atoms with van der Waals surface area (Å²) in [5, 5.41) is 6.29. The molecule has 0 aliphatic heterocycles. The van der Waals surface area contributed by atoms with Gasteiger partial charge in [0.25, 0.3) is 0 Å². The Hall–Kier alpha value is -2.21. The van der Waals surface area contributed by atoms with Gasteiger partial charge in [0.2, 0.25) is 5.95 Å². The van der Waals surface area contributed by atoms with Crippen molar-refractivity contribution < 1.29 is 18.0 Å². The Bertz CT molecular complexity index is 1110. The minimum Gasteiger partial charge on any atom is -0.362 e. The first-order chi connectivity index (χ1) is 17.0. The summed E-state index contributed by atoms with van der Waals surface area (Å²) in [6.45, 7) is 0. The summed E-state index contributed by atoms with van der Waals surface area (Å²) in [4.78, 5) is 24.3. The molecule has 12 heteroatoms. The van der Waals surface area contributed by atoms with Crippen molar-refractivity contribution in [1.82, 2.24) is 15.3 Å². The molecule has 7 nitrogen and oxygen atoms in total. The zero-order valence-electron chi connectivity index (χ0n) is 20.2. The van der Waals surface area contributed by atoms with Crippen molar-refractivity contribution in [2.24, 2.45) is 0 Å². The number of carbonyl (C=O) groups is 1. The largest absolute Gasteiger partial charge is 0.418 e. The number of hydrogen-bond acceptors (Lipinski definition) is 6. The van der Waals surface area contributed by atoms with Gasteiger partial charge in [-0.25, -0.2) is 14.1 Å². The molecule has 1 aromatic heterocycles. The molecule has 0 atom stereocenters. The first kappa shape index (κ1) is 26.8. The lowest BCUT2D eigenvalue weighted by molar-refractivity contribution is -0.137. The Morgan fingerprint density at radius 1 is 1.08 bits per heavy atom. The number of nitrogens with zero attached hydrogens (tertiary/aromatic N) is 4. The number of halogens is 4. The van der Waals surface area contributed by atoms with Crippen LogP contribution in [0, 0.1) is 0 Å². The Morgan fingerprint density at radius 3 is 2.42 bits per heavy atom. The molecule has 4 rings (SSSR count). The molecule has 1 saturated carbocycles. The van der Waals surface area contributed by atoms with E-state index in [-0.39, 0.29) is 22.2 Å². The third-order valence-electron chi connectivity index (χ3n) is 6.66. The maximum absolute atomic E-state index is 13.5. The van der Waals surface area contributed by atoms with E-state index in [0.29, 0.717) is 18.8 Å². The van der Waals surface area contributed by atoms with Crippen molar-refractivity contribution in [3.8, 4) is 0 Å². The van der Waals surface area contributed by atoms with Crippen LogP contribution in [-0.4, -0.2) is 42.2 Å². The standard InChI is InChI=1S/C24H30BrF3N6OS/c1-33(2)21-17-5-3-4-6-19(17)31-22(32-21)29-15-8-10-16(11-9-15)30-23(35)34(36)20-12-7-14(25)13-18(20)24(26,27)28/h7,12-13,15-16,36H,3-6,8-11H2,1-2H3,(H,30,35)(H,29,31,32). The van der Waals surface area contributed by atoms with Crippen LogP contribution < -0.4 is 19.8 Å². The third-order valence-corrected chi connectivity index (χ3v) is 7.55. The Balaban J connectivity index is 1.35. The third kappa shape index (κ3) is 6.19. The summed E-state index contributed by atoms with van der Waals surface area (Å²) >= 11 is 7.12. The number of anilines is 3. The average Bonchev–Trinajstić information content (AvgIpc) is 2.83. The van der Waals surface area contributed by atoms with E-state index < -0.39 is 17.8 Å². The number of rotatable bonds is 5. The summed E-state index contributed by atoms with van der Waals surface area (Å²) in [6, 6.07) is 2.93. The molecular weight excluding hydrogens is 557 g/mol. The molecule has 0 spiro atoms. The number of hydrogen-bond donors (Lipinski definition) is 3. The van der Waals surface area contributed by atoms with Crippen LogP contribution in [0.5, 0.6) is 0 Å². The smallest absolute Gasteiger partial charge is 0.362 e. The molecule has 2 aromatic rings. The van der Waals surface area contributed by atoms with Gasteiger partial charge in [-0.05, 0) is 69.6 Å². The second-order valence-corrected chi connectivity index (χ2v) is 10.8. The number of benzene rings is 1. The topological polar surface area (TPSA) is 73.4 Å². The normalized spacial score (nSPS) is 19.9. The number of carbonyl (C=O) groups excluding carboxylic acids is 1. The highest BCUT2D eigenvalue weighted by atomic mass is 79.9. The van der Waals surface area contributed by atoms with E-state index in [9.17, 15) is 18.0 Å². The van der Waals surface area contributed by atoms with E-state index in [2.05, 4.69) is 39.4 Å². The summed E-state index contributed by atoms with van der Waals surface area (Å²) in [5.74, 6) is 1.59. The first-order valence-corrected chi connectivity index (χ1v) is 13.2. The fourth-order valence-electron chi connectivity index (χ4n) is 4.84. The highest BCUT2D eigenvalue weighted by molar-refractivity contribution is 9.10.